The molecule has 19 heavy (non-hydrogen) atoms. The van der Waals surface area contributed by atoms with E-state index in [1.807, 2.05) is 19.9 Å². The van der Waals surface area contributed by atoms with Crippen molar-refractivity contribution in [1.29, 1.82) is 0 Å². The Labute approximate surface area is 115 Å². The molecule has 0 saturated carbocycles. The smallest absolute Gasteiger partial charge is 0.243 e. The summed E-state index contributed by atoms with van der Waals surface area (Å²) in [5, 5.41) is 9.46. The van der Waals surface area contributed by atoms with Crippen molar-refractivity contribution in [3.05, 3.63) is 29.8 Å². The van der Waals surface area contributed by atoms with Crippen LogP contribution in [0, 0.1) is 0 Å². The number of rotatable bonds is 3. The lowest BCUT2D eigenvalue weighted by atomic mass is 10.0. The molecule has 0 aromatic heterocycles. The molecule has 1 aromatic carbocycles. The van der Waals surface area contributed by atoms with Crippen molar-refractivity contribution in [2.75, 3.05) is 13.1 Å². The van der Waals surface area contributed by atoms with Gasteiger partial charge in [0.25, 0.3) is 0 Å². The number of aliphatic hydroxyl groups is 1. The van der Waals surface area contributed by atoms with Crippen LogP contribution < -0.4 is 0 Å². The van der Waals surface area contributed by atoms with Crippen molar-refractivity contribution >= 4 is 10.0 Å². The standard InChI is InChI=1S/C14H21NO3S/c1-11(2)12-4-3-5-14(10-12)19(17,18)15-8-6-13(16)7-9-15/h3-5,10-11,13,16H,6-9H2,1-2H3. The van der Waals surface area contributed by atoms with Crippen molar-refractivity contribution in [2.24, 2.45) is 0 Å². The molecule has 106 valence electrons. The van der Waals surface area contributed by atoms with E-state index in [4.69, 9.17) is 0 Å². The van der Waals surface area contributed by atoms with E-state index < -0.39 is 10.0 Å². The predicted octanol–water partition coefficient (Wildman–Crippen LogP) is 1.96. The highest BCUT2D eigenvalue weighted by molar-refractivity contribution is 7.89. The summed E-state index contributed by atoms with van der Waals surface area (Å²) in [7, 11) is -3.42. The average molecular weight is 283 g/mol. The van der Waals surface area contributed by atoms with Crippen LogP contribution in [0.15, 0.2) is 29.2 Å². The van der Waals surface area contributed by atoms with E-state index in [0.717, 1.165) is 5.56 Å². The Balaban J connectivity index is 2.26. The fourth-order valence-electron chi connectivity index (χ4n) is 2.27. The maximum Gasteiger partial charge on any atom is 0.243 e. The Kier molecular flexibility index (Phi) is 4.28. The number of benzene rings is 1. The first-order valence-corrected chi connectivity index (χ1v) is 8.13. The molecule has 1 aliphatic rings. The summed E-state index contributed by atoms with van der Waals surface area (Å²) in [4.78, 5) is 0.357. The molecule has 1 heterocycles. The van der Waals surface area contributed by atoms with Crippen molar-refractivity contribution in [3.63, 3.8) is 0 Å². The molecule has 0 spiro atoms. The molecule has 1 saturated heterocycles. The number of aliphatic hydroxyl groups excluding tert-OH is 1. The first kappa shape index (κ1) is 14.5. The van der Waals surface area contributed by atoms with Crippen molar-refractivity contribution in [3.8, 4) is 0 Å². The van der Waals surface area contributed by atoms with Crippen LogP contribution in [0.4, 0.5) is 0 Å². The molecule has 0 aliphatic carbocycles. The SMILES string of the molecule is CC(C)c1cccc(S(=O)(=O)N2CCC(O)CC2)c1. The van der Waals surface area contributed by atoms with Gasteiger partial charge in [-0.1, -0.05) is 26.0 Å². The minimum Gasteiger partial charge on any atom is -0.393 e. The molecule has 1 fully saturated rings. The molecule has 0 amide bonds. The fourth-order valence-corrected chi connectivity index (χ4v) is 3.79. The van der Waals surface area contributed by atoms with Crippen LogP contribution in [0.25, 0.3) is 0 Å². The molecule has 1 aromatic rings. The monoisotopic (exact) mass is 283 g/mol. The first-order valence-electron chi connectivity index (χ1n) is 6.69. The van der Waals surface area contributed by atoms with Crippen LogP contribution in [0.1, 0.15) is 38.2 Å². The lowest BCUT2D eigenvalue weighted by molar-refractivity contribution is 0.113. The third-order valence-electron chi connectivity index (χ3n) is 3.59. The van der Waals surface area contributed by atoms with E-state index in [1.165, 1.54) is 4.31 Å². The zero-order chi connectivity index (χ0) is 14.0. The number of nitrogens with zero attached hydrogens (tertiary/aromatic N) is 1. The quantitative estimate of drug-likeness (QED) is 0.922. The molecule has 1 N–H and O–H groups in total. The van der Waals surface area contributed by atoms with E-state index in [9.17, 15) is 13.5 Å². The Morgan fingerprint density at radius 1 is 1.26 bits per heavy atom. The Bertz CT molecular complexity index is 531. The van der Waals surface area contributed by atoms with Gasteiger partial charge in [0.2, 0.25) is 10.0 Å². The van der Waals surface area contributed by atoms with Crippen LogP contribution >= 0.6 is 0 Å². The second kappa shape index (κ2) is 5.61. The number of hydrogen-bond donors (Lipinski definition) is 1. The van der Waals surface area contributed by atoms with E-state index in [-0.39, 0.29) is 6.10 Å². The van der Waals surface area contributed by atoms with Gasteiger partial charge in [0.05, 0.1) is 11.0 Å². The van der Waals surface area contributed by atoms with Gasteiger partial charge in [0, 0.05) is 13.1 Å². The number of sulfonamides is 1. The average Bonchev–Trinajstić information content (AvgIpc) is 2.39. The van der Waals surface area contributed by atoms with Crippen LogP contribution in [-0.2, 0) is 10.0 Å². The van der Waals surface area contributed by atoms with Gasteiger partial charge in [0.1, 0.15) is 0 Å². The van der Waals surface area contributed by atoms with Crippen LogP contribution in [0.5, 0.6) is 0 Å². The second-order valence-electron chi connectivity index (χ2n) is 5.36. The molecule has 0 bridgehead atoms. The molecule has 0 unspecified atom stereocenters. The Morgan fingerprint density at radius 3 is 2.47 bits per heavy atom. The summed E-state index contributed by atoms with van der Waals surface area (Å²) in [6.45, 7) is 4.89. The van der Waals surface area contributed by atoms with E-state index in [2.05, 4.69) is 0 Å². The van der Waals surface area contributed by atoms with Gasteiger partial charge in [-0.2, -0.15) is 4.31 Å². The van der Waals surface area contributed by atoms with Gasteiger partial charge in [-0.15, -0.1) is 0 Å². The molecule has 4 nitrogen and oxygen atoms in total. The summed E-state index contributed by atoms with van der Waals surface area (Å²) in [6, 6.07) is 7.14. The zero-order valence-corrected chi connectivity index (χ0v) is 12.2. The van der Waals surface area contributed by atoms with Crippen LogP contribution in [0.2, 0.25) is 0 Å². The molecule has 1 aliphatic heterocycles. The summed E-state index contributed by atoms with van der Waals surface area (Å²) in [6.07, 6.45) is 0.667. The number of piperidine rings is 1. The molecule has 2 rings (SSSR count). The van der Waals surface area contributed by atoms with Gasteiger partial charge in [-0.05, 0) is 36.5 Å². The van der Waals surface area contributed by atoms with Gasteiger partial charge in [-0.25, -0.2) is 8.42 Å². The molecular weight excluding hydrogens is 262 g/mol. The van der Waals surface area contributed by atoms with E-state index in [1.54, 1.807) is 18.2 Å². The first-order chi connectivity index (χ1) is 8.91. The Morgan fingerprint density at radius 2 is 1.89 bits per heavy atom. The molecule has 0 atom stereocenters. The third kappa shape index (κ3) is 3.16. The second-order valence-corrected chi connectivity index (χ2v) is 7.30. The molecule has 5 heteroatoms. The van der Waals surface area contributed by atoms with Crippen LogP contribution in [-0.4, -0.2) is 37.0 Å². The predicted molar refractivity (Wildman–Crippen MR) is 74.5 cm³/mol. The largest absolute Gasteiger partial charge is 0.393 e. The molecular formula is C14H21NO3S. The van der Waals surface area contributed by atoms with Crippen LogP contribution in [0.3, 0.4) is 0 Å². The molecule has 0 radical (unpaired) electrons. The minimum atomic E-state index is -3.42. The van der Waals surface area contributed by atoms with Gasteiger partial charge < -0.3 is 5.11 Å². The highest BCUT2D eigenvalue weighted by atomic mass is 32.2. The van der Waals surface area contributed by atoms with Gasteiger partial charge in [0.15, 0.2) is 0 Å². The van der Waals surface area contributed by atoms with E-state index in [0.29, 0.717) is 36.7 Å². The van der Waals surface area contributed by atoms with Crippen molar-refractivity contribution in [2.45, 2.75) is 43.6 Å². The van der Waals surface area contributed by atoms with Gasteiger partial charge in [-0.3, -0.25) is 0 Å². The van der Waals surface area contributed by atoms with Crippen molar-refractivity contribution in [1.82, 2.24) is 4.31 Å². The third-order valence-corrected chi connectivity index (χ3v) is 5.48. The lowest BCUT2D eigenvalue weighted by Crippen LogP contribution is -2.40. The maximum absolute atomic E-state index is 12.5. The highest BCUT2D eigenvalue weighted by Gasteiger charge is 2.28. The summed E-state index contributed by atoms with van der Waals surface area (Å²) >= 11 is 0. The highest BCUT2D eigenvalue weighted by Crippen LogP contribution is 2.23. The Hall–Kier alpha value is -0.910. The normalized spacial score (nSPS) is 18.9. The van der Waals surface area contributed by atoms with Gasteiger partial charge >= 0.3 is 0 Å². The fraction of sp³-hybridized carbons (Fsp3) is 0.571. The lowest BCUT2D eigenvalue weighted by Gasteiger charge is -2.28. The topological polar surface area (TPSA) is 57.6 Å². The minimum absolute atomic E-state index is 0.304. The number of hydrogen-bond acceptors (Lipinski definition) is 3. The zero-order valence-electron chi connectivity index (χ0n) is 11.4. The maximum atomic E-state index is 12.5. The van der Waals surface area contributed by atoms with E-state index >= 15 is 0 Å². The summed E-state index contributed by atoms with van der Waals surface area (Å²) in [5.41, 5.74) is 1.03. The summed E-state index contributed by atoms with van der Waals surface area (Å²) < 4.78 is 26.5. The summed E-state index contributed by atoms with van der Waals surface area (Å²) in [5.74, 6) is 0.304. The van der Waals surface area contributed by atoms with Crippen molar-refractivity contribution < 1.29 is 13.5 Å².